The van der Waals surface area contributed by atoms with E-state index in [1.165, 1.54) is 0 Å². The molecule has 0 saturated carbocycles. The van der Waals surface area contributed by atoms with Crippen LogP contribution in [0.1, 0.15) is 11.3 Å². The van der Waals surface area contributed by atoms with E-state index < -0.39 is 0 Å². The van der Waals surface area contributed by atoms with E-state index in [-0.39, 0.29) is 0 Å². The molecule has 0 unspecified atom stereocenters. The highest BCUT2D eigenvalue weighted by molar-refractivity contribution is 6.33. The number of fused-ring (bicyclic) bond motifs is 1. The summed E-state index contributed by atoms with van der Waals surface area (Å²) in [5.74, 6) is 0. The van der Waals surface area contributed by atoms with E-state index in [4.69, 9.17) is 11.6 Å². The summed E-state index contributed by atoms with van der Waals surface area (Å²) in [7, 11) is 1.87. The predicted octanol–water partition coefficient (Wildman–Crippen LogP) is -0.966. The molecule has 0 bridgehead atoms. The maximum absolute atomic E-state index is 5.96. The summed E-state index contributed by atoms with van der Waals surface area (Å²) in [6.45, 7) is 1.79. The fourth-order valence-corrected chi connectivity index (χ4v) is 1.72. The minimum absolute atomic E-state index is 0.602. The molecule has 0 saturated heterocycles. The first kappa shape index (κ1) is 8.01. The van der Waals surface area contributed by atoms with Crippen LogP contribution in [-0.2, 0) is 13.0 Å². The molecule has 0 spiro atoms. The summed E-state index contributed by atoms with van der Waals surface area (Å²) in [6, 6.07) is 0. The van der Waals surface area contributed by atoms with E-state index in [0.717, 1.165) is 36.5 Å². The standard InChI is InChI=1S/C7H9BClN3/c8-7-11-5-1-2-10-3-4(5)6(9)12-7/h10H,1-3,8H2. The van der Waals surface area contributed by atoms with Crippen LogP contribution in [0, 0.1) is 0 Å². The van der Waals surface area contributed by atoms with E-state index in [2.05, 4.69) is 15.3 Å². The highest BCUT2D eigenvalue weighted by atomic mass is 35.5. The summed E-state index contributed by atoms with van der Waals surface area (Å²) in [5, 5.41) is 3.84. The summed E-state index contributed by atoms with van der Waals surface area (Å²) < 4.78 is 0. The third kappa shape index (κ3) is 1.32. The average molecular weight is 181 g/mol. The van der Waals surface area contributed by atoms with Gasteiger partial charge in [-0.25, -0.2) is 9.97 Å². The van der Waals surface area contributed by atoms with Crippen LogP contribution in [0.25, 0.3) is 0 Å². The molecule has 2 heterocycles. The lowest BCUT2D eigenvalue weighted by molar-refractivity contribution is 0.628. The molecule has 1 aliphatic heterocycles. The molecule has 0 atom stereocenters. The van der Waals surface area contributed by atoms with E-state index in [1.54, 1.807) is 0 Å². The van der Waals surface area contributed by atoms with Crippen molar-refractivity contribution in [1.82, 2.24) is 15.3 Å². The molecule has 1 aliphatic rings. The van der Waals surface area contributed by atoms with Gasteiger partial charge in [0.25, 0.3) is 0 Å². The number of halogens is 1. The zero-order valence-corrected chi connectivity index (χ0v) is 7.65. The molecule has 5 heteroatoms. The third-order valence-corrected chi connectivity index (χ3v) is 2.31. The Morgan fingerprint density at radius 1 is 1.42 bits per heavy atom. The SMILES string of the molecule is Bc1nc(Cl)c2c(n1)CCNC2. The van der Waals surface area contributed by atoms with Gasteiger partial charge in [0.15, 0.2) is 7.85 Å². The van der Waals surface area contributed by atoms with E-state index in [1.807, 2.05) is 7.85 Å². The van der Waals surface area contributed by atoms with Gasteiger partial charge in [0.2, 0.25) is 0 Å². The normalized spacial score (nSPS) is 15.8. The van der Waals surface area contributed by atoms with Crippen molar-refractivity contribution in [1.29, 1.82) is 0 Å². The number of nitrogens with zero attached hydrogens (tertiary/aromatic N) is 2. The zero-order chi connectivity index (χ0) is 8.55. The fourth-order valence-electron chi connectivity index (χ4n) is 1.42. The lowest BCUT2D eigenvalue weighted by Gasteiger charge is -2.16. The van der Waals surface area contributed by atoms with Crippen molar-refractivity contribution in [3.8, 4) is 0 Å². The highest BCUT2D eigenvalue weighted by Crippen LogP contribution is 2.16. The lowest BCUT2D eigenvalue weighted by Crippen LogP contribution is -2.29. The van der Waals surface area contributed by atoms with Crippen LogP contribution in [0.15, 0.2) is 0 Å². The van der Waals surface area contributed by atoms with Crippen LogP contribution in [0.4, 0.5) is 0 Å². The maximum Gasteiger partial charge on any atom is 0.189 e. The second-order valence-corrected chi connectivity index (χ2v) is 3.27. The zero-order valence-electron chi connectivity index (χ0n) is 6.89. The van der Waals surface area contributed by atoms with Gasteiger partial charge in [-0.15, -0.1) is 0 Å². The van der Waals surface area contributed by atoms with E-state index >= 15 is 0 Å². The van der Waals surface area contributed by atoms with Gasteiger partial charge in [-0.05, 0) is 0 Å². The minimum atomic E-state index is 0.602. The number of rotatable bonds is 0. The van der Waals surface area contributed by atoms with Gasteiger partial charge in [0.05, 0.1) is 11.4 Å². The topological polar surface area (TPSA) is 37.8 Å². The highest BCUT2D eigenvalue weighted by Gasteiger charge is 2.14. The number of hydrogen-bond donors (Lipinski definition) is 1. The molecule has 1 aromatic rings. The first-order valence-electron chi connectivity index (χ1n) is 4.00. The van der Waals surface area contributed by atoms with Crippen molar-refractivity contribution in [3.05, 3.63) is 16.4 Å². The Bertz CT molecular complexity index is 316. The molecule has 2 rings (SSSR count). The molecule has 0 radical (unpaired) electrons. The van der Waals surface area contributed by atoms with Crippen LogP contribution in [0.5, 0.6) is 0 Å². The van der Waals surface area contributed by atoms with Crippen molar-refractivity contribution in [3.63, 3.8) is 0 Å². The second-order valence-electron chi connectivity index (χ2n) is 2.91. The van der Waals surface area contributed by atoms with Crippen LogP contribution in [0.3, 0.4) is 0 Å². The Morgan fingerprint density at radius 2 is 2.25 bits per heavy atom. The largest absolute Gasteiger partial charge is 0.312 e. The van der Waals surface area contributed by atoms with E-state index in [0.29, 0.717) is 5.15 Å². The summed E-state index contributed by atoms with van der Waals surface area (Å²) in [5.41, 5.74) is 2.93. The molecule has 0 aromatic carbocycles. The smallest absolute Gasteiger partial charge is 0.189 e. The summed E-state index contributed by atoms with van der Waals surface area (Å²) in [6.07, 6.45) is 0.957. The first-order valence-corrected chi connectivity index (χ1v) is 4.38. The fraction of sp³-hybridized carbons (Fsp3) is 0.429. The number of nitrogens with one attached hydrogen (secondary N) is 1. The summed E-state index contributed by atoms with van der Waals surface area (Å²) >= 11 is 5.96. The lowest BCUT2D eigenvalue weighted by atomic mass is 10.1. The predicted molar refractivity (Wildman–Crippen MR) is 50.6 cm³/mol. The van der Waals surface area contributed by atoms with Crippen LogP contribution < -0.4 is 11.0 Å². The molecule has 0 amide bonds. The Balaban J connectivity index is 2.53. The van der Waals surface area contributed by atoms with Gasteiger partial charge in [-0.2, -0.15) is 0 Å². The molecule has 3 nitrogen and oxygen atoms in total. The molecule has 0 fully saturated rings. The Hall–Kier alpha value is -0.605. The van der Waals surface area contributed by atoms with Gasteiger partial charge in [-0.3, -0.25) is 0 Å². The van der Waals surface area contributed by atoms with Gasteiger partial charge in [0.1, 0.15) is 5.15 Å². The number of aromatic nitrogens is 2. The van der Waals surface area contributed by atoms with Crippen molar-refractivity contribution in [2.75, 3.05) is 6.54 Å². The van der Waals surface area contributed by atoms with Crippen molar-refractivity contribution in [2.24, 2.45) is 0 Å². The Labute approximate surface area is 77.0 Å². The Morgan fingerprint density at radius 3 is 3.08 bits per heavy atom. The van der Waals surface area contributed by atoms with Gasteiger partial charge >= 0.3 is 0 Å². The first-order chi connectivity index (χ1) is 5.77. The molecule has 0 aliphatic carbocycles. The second kappa shape index (κ2) is 3.03. The number of hydrogen-bond acceptors (Lipinski definition) is 3. The van der Waals surface area contributed by atoms with Crippen molar-refractivity contribution in [2.45, 2.75) is 13.0 Å². The monoisotopic (exact) mass is 181 g/mol. The van der Waals surface area contributed by atoms with Crippen LogP contribution >= 0.6 is 11.6 Å². The molecular weight excluding hydrogens is 172 g/mol. The summed E-state index contributed by atoms with van der Waals surface area (Å²) in [4.78, 5) is 8.44. The van der Waals surface area contributed by atoms with Crippen LogP contribution in [0.2, 0.25) is 5.15 Å². The van der Waals surface area contributed by atoms with Crippen LogP contribution in [-0.4, -0.2) is 24.4 Å². The minimum Gasteiger partial charge on any atom is -0.312 e. The van der Waals surface area contributed by atoms with Gasteiger partial charge in [0, 0.05) is 25.1 Å². The molecule has 1 N–H and O–H groups in total. The molecule has 12 heavy (non-hydrogen) atoms. The maximum atomic E-state index is 5.96. The molecular formula is C7H9BClN3. The molecule has 62 valence electrons. The van der Waals surface area contributed by atoms with Gasteiger partial charge < -0.3 is 5.32 Å². The van der Waals surface area contributed by atoms with Gasteiger partial charge in [-0.1, -0.05) is 11.6 Å². The Kier molecular flexibility index (Phi) is 2.03. The van der Waals surface area contributed by atoms with Crippen molar-refractivity contribution < 1.29 is 0 Å². The quantitative estimate of drug-likeness (QED) is 0.414. The average Bonchev–Trinajstić information content (AvgIpc) is 2.04. The molecule has 1 aromatic heterocycles. The van der Waals surface area contributed by atoms with E-state index in [9.17, 15) is 0 Å². The van der Waals surface area contributed by atoms with Crippen molar-refractivity contribution >= 4 is 25.2 Å². The third-order valence-electron chi connectivity index (χ3n) is 1.99.